The van der Waals surface area contributed by atoms with Gasteiger partial charge in [-0.05, 0) is 25.1 Å². The lowest BCUT2D eigenvalue weighted by Gasteiger charge is -2.19. The summed E-state index contributed by atoms with van der Waals surface area (Å²) < 4.78 is 16.0. The van der Waals surface area contributed by atoms with Crippen molar-refractivity contribution >= 4 is 23.0 Å². The number of rotatable bonds is 7. The van der Waals surface area contributed by atoms with E-state index in [4.69, 9.17) is 0 Å². The van der Waals surface area contributed by atoms with Gasteiger partial charge in [0, 0.05) is 42.7 Å². The minimum Gasteiger partial charge on any atom is -0.342 e. The highest BCUT2D eigenvalue weighted by atomic mass is 32.1. The Balaban J connectivity index is 1.72. The molecule has 1 atom stereocenters. The second kappa shape index (κ2) is 8.26. The Morgan fingerprint density at radius 2 is 2.00 bits per heavy atom. The number of halogens is 1. The van der Waals surface area contributed by atoms with E-state index in [1.165, 1.54) is 17.4 Å². The molecule has 3 rings (SSSR count). The normalized spacial score (nSPS) is 12.0. The van der Waals surface area contributed by atoms with Gasteiger partial charge in [-0.2, -0.15) is 0 Å². The van der Waals surface area contributed by atoms with Crippen LogP contribution >= 0.6 is 11.3 Å². The highest BCUT2D eigenvalue weighted by Crippen LogP contribution is 2.23. The second-order valence-electron chi connectivity index (χ2n) is 6.25. The first-order valence-electron chi connectivity index (χ1n) is 8.56. The largest absolute Gasteiger partial charge is 0.342 e. The third-order valence-corrected chi connectivity index (χ3v) is 5.27. The van der Waals surface area contributed by atoms with Gasteiger partial charge >= 0.3 is 0 Å². The number of carbonyl (C=O) groups is 2. The SMILES string of the molecule is Cc1ccc(C(=O)CCC(=O)NC(c2ccccc2F)c2nccn2C)s1. The number of nitrogens with zero attached hydrogens (tertiary/aromatic N) is 2. The molecule has 0 saturated carbocycles. The van der Waals surface area contributed by atoms with E-state index in [-0.39, 0.29) is 24.5 Å². The summed E-state index contributed by atoms with van der Waals surface area (Å²) in [5.74, 6) is -0.292. The van der Waals surface area contributed by atoms with Gasteiger partial charge in [0.15, 0.2) is 5.78 Å². The quantitative estimate of drug-likeness (QED) is 0.629. The van der Waals surface area contributed by atoms with E-state index in [0.717, 1.165) is 4.88 Å². The molecule has 1 aromatic carbocycles. The minimum atomic E-state index is -0.724. The Bertz CT molecular complexity index is 964. The molecule has 2 aromatic heterocycles. The van der Waals surface area contributed by atoms with E-state index in [1.54, 1.807) is 48.3 Å². The summed E-state index contributed by atoms with van der Waals surface area (Å²) in [5, 5.41) is 2.82. The number of hydrogen-bond donors (Lipinski definition) is 1. The molecule has 0 spiro atoms. The van der Waals surface area contributed by atoms with Gasteiger partial charge in [0.25, 0.3) is 0 Å². The number of imidazole rings is 1. The Morgan fingerprint density at radius 3 is 2.63 bits per heavy atom. The summed E-state index contributed by atoms with van der Waals surface area (Å²) in [6.07, 6.45) is 3.47. The number of ketones is 1. The first kappa shape index (κ1) is 19.0. The topological polar surface area (TPSA) is 64.0 Å². The smallest absolute Gasteiger partial charge is 0.221 e. The van der Waals surface area contributed by atoms with E-state index in [0.29, 0.717) is 16.3 Å². The fraction of sp³-hybridized carbons (Fsp3) is 0.250. The molecule has 0 saturated heterocycles. The maximum atomic E-state index is 14.3. The van der Waals surface area contributed by atoms with E-state index in [1.807, 2.05) is 13.0 Å². The maximum Gasteiger partial charge on any atom is 0.221 e. The third kappa shape index (κ3) is 4.49. The number of Topliss-reactive ketones (excluding diaryl/α,β-unsaturated/α-hetero) is 1. The van der Waals surface area contributed by atoms with E-state index >= 15 is 0 Å². The molecule has 1 amide bonds. The standard InChI is InChI=1S/C20H20FN3O2S/c1-13-7-9-17(27-13)16(25)8-10-18(26)23-19(20-22-11-12-24(20)2)14-5-3-4-6-15(14)21/h3-7,9,11-12,19H,8,10H2,1-2H3,(H,23,26). The number of amides is 1. The molecule has 0 fully saturated rings. The predicted molar refractivity (Wildman–Crippen MR) is 102 cm³/mol. The molecule has 27 heavy (non-hydrogen) atoms. The number of thiophene rings is 1. The van der Waals surface area contributed by atoms with Crippen LogP contribution in [0.3, 0.4) is 0 Å². The van der Waals surface area contributed by atoms with Crippen LogP contribution in [0.25, 0.3) is 0 Å². The van der Waals surface area contributed by atoms with Crippen LogP contribution < -0.4 is 5.32 Å². The van der Waals surface area contributed by atoms with Crippen molar-refractivity contribution in [1.82, 2.24) is 14.9 Å². The molecule has 140 valence electrons. The molecule has 3 aromatic rings. The van der Waals surface area contributed by atoms with Crippen molar-refractivity contribution in [2.24, 2.45) is 7.05 Å². The molecule has 1 unspecified atom stereocenters. The van der Waals surface area contributed by atoms with Crippen molar-refractivity contribution in [3.05, 3.63) is 75.8 Å². The number of nitrogens with one attached hydrogen (secondary N) is 1. The molecular formula is C20H20FN3O2S. The van der Waals surface area contributed by atoms with Crippen molar-refractivity contribution in [1.29, 1.82) is 0 Å². The first-order valence-corrected chi connectivity index (χ1v) is 9.38. The van der Waals surface area contributed by atoms with E-state index in [2.05, 4.69) is 10.3 Å². The van der Waals surface area contributed by atoms with Crippen molar-refractivity contribution in [2.75, 3.05) is 0 Å². The summed E-state index contributed by atoms with van der Waals surface area (Å²) >= 11 is 1.42. The van der Waals surface area contributed by atoms with E-state index < -0.39 is 11.9 Å². The fourth-order valence-electron chi connectivity index (χ4n) is 2.81. The van der Waals surface area contributed by atoms with Crippen LogP contribution in [0.1, 0.15) is 44.8 Å². The summed E-state index contributed by atoms with van der Waals surface area (Å²) in [7, 11) is 1.78. The van der Waals surface area contributed by atoms with Gasteiger partial charge in [-0.25, -0.2) is 9.37 Å². The lowest BCUT2D eigenvalue weighted by Crippen LogP contribution is -2.31. The zero-order valence-electron chi connectivity index (χ0n) is 15.1. The molecule has 0 aliphatic rings. The molecule has 0 aliphatic carbocycles. The summed E-state index contributed by atoms with van der Waals surface area (Å²) in [6.45, 7) is 1.93. The molecule has 5 nitrogen and oxygen atoms in total. The highest BCUT2D eigenvalue weighted by Gasteiger charge is 2.23. The van der Waals surface area contributed by atoms with Crippen molar-refractivity contribution in [2.45, 2.75) is 25.8 Å². The average Bonchev–Trinajstić information content (AvgIpc) is 3.27. The molecule has 0 bridgehead atoms. The lowest BCUT2D eigenvalue weighted by molar-refractivity contribution is -0.121. The summed E-state index contributed by atoms with van der Waals surface area (Å²) in [5.41, 5.74) is 0.334. The van der Waals surface area contributed by atoms with Gasteiger partial charge in [-0.1, -0.05) is 18.2 Å². The first-order chi connectivity index (χ1) is 13.0. The monoisotopic (exact) mass is 385 g/mol. The van der Waals surface area contributed by atoms with Crippen LogP contribution in [0, 0.1) is 12.7 Å². The lowest BCUT2D eigenvalue weighted by atomic mass is 10.0. The van der Waals surface area contributed by atoms with Crippen LogP contribution in [-0.2, 0) is 11.8 Å². The van der Waals surface area contributed by atoms with Crippen molar-refractivity contribution < 1.29 is 14.0 Å². The third-order valence-electron chi connectivity index (χ3n) is 4.23. The summed E-state index contributed by atoms with van der Waals surface area (Å²) in [6, 6.07) is 9.21. The zero-order chi connectivity index (χ0) is 19.4. The molecular weight excluding hydrogens is 365 g/mol. The Kier molecular flexibility index (Phi) is 5.81. The van der Waals surface area contributed by atoms with Gasteiger partial charge in [0.05, 0.1) is 4.88 Å². The molecule has 0 radical (unpaired) electrons. The zero-order valence-corrected chi connectivity index (χ0v) is 15.9. The number of carbonyl (C=O) groups excluding carboxylic acids is 2. The van der Waals surface area contributed by atoms with Gasteiger partial charge in [0.1, 0.15) is 17.7 Å². The Labute approximate surface area is 160 Å². The molecule has 7 heteroatoms. The molecule has 2 heterocycles. The number of aromatic nitrogens is 2. The molecule has 0 aliphatic heterocycles. The van der Waals surface area contributed by atoms with Gasteiger partial charge < -0.3 is 9.88 Å². The Hall–Kier alpha value is -2.80. The number of benzene rings is 1. The van der Waals surface area contributed by atoms with Crippen molar-refractivity contribution in [3.63, 3.8) is 0 Å². The van der Waals surface area contributed by atoms with Crippen LogP contribution in [-0.4, -0.2) is 21.2 Å². The van der Waals surface area contributed by atoms with Crippen LogP contribution in [0.5, 0.6) is 0 Å². The Morgan fingerprint density at radius 1 is 1.22 bits per heavy atom. The average molecular weight is 385 g/mol. The fourth-order valence-corrected chi connectivity index (χ4v) is 3.65. The summed E-state index contributed by atoms with van der Waals surface area (Å²) in [4.78, 5) is 30.6. The van der Waals surface area contributed by atoms with Gasteiger partial charge in [-0.3, -0.25) is 9.59 Å². The minimum absolute atomic E-state index is 0.0329. The van der Waals surface area contributed by atoms with Crippen LogP contribution in [0.2, 0.25) is 0 Å². The maximum absolute atomic E-state index is 14.3. The number of hydrogen-bond acceptors (Lipinski definition) is 4. The van der Waals surface area contributed by atoms with Gasteiger partial charge in [0.2, 0.25) is 5.91 Å². The van der Waals surface area contributed by atoms with Gasteiger partial charge in [-0.15, -0.1) is 11.3 Å². The highest BCUT2D eigenvalue weighted by molar-refractivity contribution is 7.14. The van der Waals surface area contributed by atoms with E-state index in [9.17, 15) is 14.0 Å². The molecule has 1 N–H and O–H groups in total. The van der Waals surface area contributed by atoms with Crippen LogP contribution in [0.4, 0.5) is 4.39 Å². The number of aryl methyl sites for hydroxylation is 2. The predicted octanol–water partition coefficient (Wildman–Crippen LogP) is 3.80. The second-order valence-corrected chi connectivity index (χ2v) is 7.54. The van der Waals surface area contributed by atoms with Crippen molar-refractivity contribution in [3.8, 4) is 0 Å². The van der Waals surface area contributed by atoms with Crippen LogP contribution in [0.15, 0.2) is 48.8 Å².